The normalized spacial score (nSPS) is 12.4. The van der Waals surface area contributed by atoms with E-state index in [9.17, 15) is 4.39 Å². The monoisotopic (exact) mass is 293 g/mol. The summed E-state index contributed by atoms with van der Waals surface area (Å²) in [5.74, 6) is 0.746. The van der Waals surface area contributed by atoms with E-state index in [4.69, 9.17) is 15.0 Å². The van der Waals surface area contributed by atoms with Crippen LogP contribution in [0.25, 0.3) is 0 Å². The molecule has 0 saturated carbocycles. The highest BCUT2D eigenvalue weighted by Gasteiger charge is 2.14. The first kappa shape index (κ1) is 15.4. The molecule has 1 heterocycles. The third kappa shape index (κ3) is 4.01. The van der Waals surface area contributed by atoms with Crippen LogP contribution in [0.15, 0.2) is 22.7 Å². The van der Waals surface area contributed by atoms with Gasteiger partial charge in [0.1, 0.15) is 0 Å². The molecule has 5 nitrogen and oxygen atoms in total. The van der Waals surface area contributed by atoms with Crippen LogP contribution in [0.5, 0.6) is 5.75 Å². The van der Waals surface area contributed by atoms with Gasteiger partial charge in [0.15, 0.2) is 18.2 Å². The minimum Gasteiger partial charge on any atom is -0.482 e. The summed E-state index contributed by atoms with van der Waals surface area (Å²) in [4.78, 5) is 4.13. The van der Waals surface area contributed by atoms with Crippen molar-refractivity contribution in [3.05, 3.63) is 41.3 Å². The fraction of sp³-hybridized carbons (Fsp3) is 0.467. The number of aromatic nitrogens is 2. The number of nitrogens with two attached hydrogens (primary N) is 1. The van der Waals surface area contributed by atoms with Gasteiger partial charge < -0.3 is 15.0 Å². The molecule has 1 aromatic heterocycles. The second kappa shape index (κ2) is 7.17. The molecule has 21 heavy (non-hydrogen) atoms. The maximum atomic E-state index is 13.9. The highest BCUT2D eigenvalue weighted by atomic mass is 19.1. The highest BCUT2D eigenvalue weighted by molar-refractivity contribution is 5.35. The fourth-order valence-electron chi connectivity index (χ4n) is 1.93. The molecule has 1 aromatic carbocycles. The molecule has 0 radical (unpaired) electrons. The zero-order valence-electron chi connectivity index (χ0n) is 12.3. The van der Waals surface area contributed by atoms with Crippen molar-refractivity contribution in [2.45, 2.75) is 45.8 Å². The van der Waals surface area contributed by atoms with Crippen LogP contribution in [0.2, 0.25) is 0 Å². The summed E-state index contributed by atoms with van der Waals surface area (Å²) >= 11 is 0. The van der Waals surface area contributed by atoms with Crippen LogP contribution in [0.3, 0.4) is 0 Å². The molecule has 2 N–H and O–H groups in total. The maximum absolute atomic E-state index is 13.9. The summed E-state index contributed by atoms with van der Waals surface area (Å²) in [6.45, 7) is 3.98. The molecule has 0 amide bonds. The molecule has 0 saturated heterocycles. The van der Waals surface area contributed by atoms with Gasteiger partial charge in [-0.25, -0.2) is 4.39 Å². The summed E-state index contributed by atoms with van der Waals surface area (Å²) in [6, 6.07) is 4.82. The molecule has 0 spiro atoms. The number of rotatable bonds is 7. The van der Waals surface area contributed by atoms with E-state index in [1.54, 1.807) is 6.07 Å². The zero-order chi connectivity index (χ0) is 15.2. The minimum absolute atomic E-state index is 0.0222. The smallest absolute Gasteiger partial charge is 0.226 e. The van der Waals surface area contributed by atoms with Crippen LogP contribution in [0, 0.1) is 5.82 Å². The molecule has 6 heteroatoms. The SMILES string of the molecule is CCc1nc(COc2c(F)cccc2CC(N)CC)no1. The van der Waals surface area contributed by atoms with Crippen LogP contribution in [-0.2, 0) is 19.4 Å². The van der Waals surface area contributed by atoms with Gasteiger partial charge in [-0.1, -0.05) is 31.1 Å². The Bertz CT molecular complexity index is 586. The molecule has 2 aromatic rings. The lowest BCUT2D eigenvalue weighted by atomic mass is 10.0. The van der Waals surface area contributed by atoms with Crippen molar-refractivity contribution in [2.24, 2.45) is 5.73 Å². The lowest BCUT2D eigenvalue weighted by Gasteiger charge is -2.14. The second-order valence-electron chi connectivity index (χ2n) is 4.85. The van der Waals surface area contributed by atoms with E-state index in [-0.39, 0.29) is 18.4 Å². The lowest BCUT2D eigenvalue weighted by Crippen LogP contribution is -2.22. The van der Waals surface area contributed by atoms with Gasteiger partial charge in [0.05, 0.1) is 0 Å². The summed E-state index contributed by atoms with van der Waals surface area (Å²) < 4.78 is 24.5. The highest BCUT2D eigenvalue weighted by Crippen LogP contribution is 2.25. The molecular weight excluding hydrogens is 273 g/mol. The third-order valence-electron chi connectivity index (χ3n) is 3.21. The molecule has 0 aliphatic carbocycles. The van der Waals surface area contributed by atoms with E-state index < -0.39 is 5.82 Å². The van der Waals surface area contributed by atoms with Gasteiger partial charge in [0.2, 0.25) is 11.7 Å². The zero-order valence-corrected chi connectivity index (χ0v) is 12.3. The van der Waals surface area contributed by atoms with Crippen LogP contribution in [0.4, 0.5) is 4.39 Å². The van der Waals surface area contributed by atoms with Gasteiger partial charge in [-0.2, -0.15) is 4.98 Å². The first-order chi connectivity index (χ1) is 10.1. The average Bonchev–Trinajstić information content (AvgIpc) is 2.94. The largest absolute Gasteiger partial charge is 0.482 e. The summed E-state index contributed by atoms with van der Waals surface area (Å²) in [5, 5.41) is 3.78. The molecule has 1 atom stereocenters. The molecule has 2 rings (SSSR count). The molecule has 0 fully saturated rings. The van der Waals surface area contributed by atoms with Gasteiger partial charge >= 0.3 is 0 Å². The van der Waals surface area contributed by atoms with E-state index in [0.717, 1.165) is 12.0 Å². The van der Waals surface area contributed by atoms with E-state index in [1.807, 2.05) is 19.9 Å². The Labute approximate surface area is 123 Å². The van der Waals surface area contributed by atoms with Gasteiger partial charge in [-0.15, -0.1) is 0 Å². The van der Waals surface area contributed by atoms with Crippen LogP contribution in [-0.4, -0.2) is 16.2 Å². The number of hydrogen-bond acceptors (Lipinski definition) is 5. The van der Waals surface area contributed by atoms with Gasteiger partial charge in [0, 0.05) is 12.5 Å². The minimum atomic E-state index is -0.407. The summed E-state index contributed by atoms with van der Waals surface area (Å²) in [5.41, 5.74) is 6.69. The molecule has 1 unspecified atom stereocenters. The van der Waals surface area contributed by atoms with E-state index in [0.29, 0.717) is 24.6 Å². The number of nitrogens with zero attached hydrogens (tertiary/aromatic N) is 2. The Morgan fingerprint density at radius 2 is 2.19 bits per heavy atom. The predicted molar refractivity (Wildman–Crippen MR) is 76.4 cm³/mol. The quantitative estimate of drug-likeness (QED) is 0.849. The standard InChI is InChI=1S/C15H20FN3O2/c1-3-11(17)8-10-6-5-7-12(16)15(10)20-9-13-18-14(4-2)21-19-13/h5-7,11H,3-4,8-9,17H2,1-2H3. The first-order valence-corrected chi connectivity index (χ1v) is 7.11. The van der Waals surface area contributed by atoms with Crippen molar-refractivity contribution >= 4 is 0 Å². The Hall–Kier alpha value is -1.95. The van der Waals surface area contributed by atoms with E-state index in [2.05, 4.69) is 10.1 Å². The summed E-state index contributed by atoms with van der Waals surface area (Å²) in [7, 11) is 0. The molecule has 0 aliphatic heterocycles. The number of aryl methyl sites for hydroxylation is 1. The van der Waals surface area contributed by atoms with Crippen LogP contribution < -0.4 is 10.5 Å². The van der Waals surface area contributed by atoms with Crippen molar-refractivity contribution in [3.8, 4) is 5.75 Å². The number of benzene rings is 1. The van der Waals surface area contributed by atoms with Gasteiger partial charge in [-0.05, 0) is 24.5 Å². The van der Waals surface area contributed by atoms with Gasteiger partial charge in [0.25, 0.3) is 0 Å². The summed E-state index contributed by atoms with van der Waals surface area (Å²) in [6.07, 6.45) is 2.04. The predicted octanol–water partition coefficient (Wildman–Crippen LogP) is 2.63. The van der Waals surface area contributed by atoms with E-state index >= 15 is 0 Å². The number of halogens is 1. The lowest BCUT2D eigenvalue weighted by molar-refractivity contribution is 0.269. The van der Waals surface area contributed by atoms with Crippen molar-refractivity contribution in [3.63, 3.8) is 0 Å². The second-order valence-corrected chi connectivity index (χ2v) is 4.85. The fourth-order valence-corrected chi connectivity index (χ4v) is 1.93. The van der Waals surface area contributed by atoms with Crippen molar-refractivity contribution in [2.75, 3.05) is 0 Å². The Morgan fingerprint density at radius 3 is 2.86 bits per heavy atom. The van der Waals surface area contributed by atoms with Crippen molar-refractivity contribution < 1.29 is 13.7 Å². The Balaban J connectivity index is 2.10. The molecular formula is C15H20FN3O2. The van der Waals surface area contributed by atoms with E-state index in [1.165, 1.54) is 6.07 Å². The first-order valence-electron chi connectivity index (χ1n) is 7.11. The van der Waals surface area contributed by atoms with Crippen LogP contribution >= 0.6 is 0 Å². The number of ether oxygens (including phenoxy) is 1. The topological polar surface area (TPSA) is 74.2 Å². The number of hydrogen-bond donors (Lipinski definition) is 1. The van der Waals surface area contributed by atoms with Crippen LogP contribution in [0.1, 0.15) is 37.5 Å². The molecule has 0 bridgehead atoms. The molecule has 0 aliphatic rings. The Morgan fingerprint density at radius 1 is 1.38 bits per heavy atom. The van der Waals surface area contributed by atoms with Crippen molar-refractivity contribution in [1.29, 1.82) is 0 Å². The number of para-hydroxylation sites is 1. The maximum Gasteiger partial charge on any atom is 0.226 e. The third-order valence-corrected chi connectivity index (χ3v) is 3.21. The Kier molecular flexibility index (Phi) is 5.27. The molecule has 114 valence electrons. The van der Waals surface area contributed by atoms with Crippen molar-refractivity contribution in [1.82, 2.24) is 10.1 Å². The average molecular weight is 293 g/mol. The van der Waals surface area contributed by atoms with Gasteiger partial charge in [-0.3, -0.25) is 0 Å².